The van der Waals surface area contributed by atoms with Gasteiger partial charge in [-0.05, 0) is 29.8 Å². The minimum Gasteiger partial charge on any atom is -0.497 e. The Labute approximate surface area is 142 Å². The maximum Gasteiger partial charge on any atom is 0.250 e. The van der Waals surface area contributed by atoms with Crippen molar-refractivity contribution in [1.29, 1.82) is 0 Å². The first-order valence-electron chi connectivity index (χ1n) is 8.16. The van der Waals surface area contributed by atoms with Crippen LogP contribution in [0.1, 0.15) is 15.9 Å². The van der Waals surface area contributed by atoms with Crippen LogP contribution in [0, 0.1) is 0 Å². The van der Waals surface area contributed by atoms with E-state index in [9.17, 15) is 4.79 Å². The van der Waals surface area contributed by atoms with Crippen molar-refractivity contribution < 1.29 is 9.53 Å². The Bertz CT molecular complexity index is 709. The van der Waals surface area contributed by atoms with Crippen molar-refractivity contribution in [2.24, 2.45) is 5.73 Å². The summed E-state index contributed by atoms with van der Waals surface area (Å²) < 4.78 is 5.28. The molecule has 126 valence electrons. The predicted molar refractivity (Wildman–Crippen MR) is 95.4 cm³/mol. The molecular weight excluding hydrogens is 302 g/mol. The van der Waals surface area contributed by atoms with E-state index < -0.39 is 0 Å². The number of nitrogens with zero attached hydrogens (tertiary/aromatic N) is 2. The first-order valence-corrected chi connectivity index (χ1v) is 8.16. The number of nitrogens with two attached hydrogens (primary N) is 1. The Morgan fingerprint density at radius 3 is 2.54 bits per heavy atom. The lowest BCUT2D eigenvalue weighted by Gasteiger charge is -2.36. The molecule has 1 amide bonds. The van der Waals surface area contributed by atoms with Crippen molar-refractivity contribution in [3.05, 3.63) is 59.7 Å². The van der Waals surface area contributed by atoms with Crippen LogP contribution in [0.3, 0.4) is 0 Å². The van der Waals surface area contributed by atoms with Gasteiger partial charge in [-0.2, -0.15) is 0 Å². The third kappa shape index (κ3) is 3.68. The van der Waals surface area contributed by atoms with E-state index in [2.05, 4.69) is 21.9 Å². The van der Waals surface area contributed by atoms with Crippen LogP contribution in [0.25, 0.3) is 0 Å². The average Bonchev–Trinajstić information content (AvgIpc) is 2.62. The number of anilines is 1. The van der Waals surface area contributed by atoms with Gasteiger partial charge in [0.1, 0.15) is 5.75 Å². The fourth-order valence-corrected chi connectivity index (χ4v) is 3.13. The third-order valence-corrected chi connectivity index (χ3v) is 4.42. The zero-order valence-corrected chi connectivity index (χ0v) is 13.9. The first kappa shape index (κ1) is 16.3. The van der Waals surface area contributed by atoms with Gasteiger partial charge in [-0.25, -0.2) is 0 Å². The van der Waals surface area contributed by atoms with E-state index in [1.165, 1.54) is 5.56 Å². The molecule has 1 aliphatic rings. The molecule has 0 spiro atoms. The van der Waals surface area contributed by atoms with Crippen LogP contribution in [0.4, 0.5) is 5.69 Å². The molecule has 0 unspecified atom stereocenters. The SMILES string of the molecule is COc1cccc(CN2CCN(c3ccccc3C(N)=O)CC2)c1. The van der Waals surface area contributed by atoms with Crippen molar-refractivity contribution in [2.45, 2.75) is 6.54 Å². The van der Waals surface area contributed by atoms with Crippen molar-refractivity contribution in [3.63, 3.8) is 0 Å². The lowest BCUT2D eigenvalue weighted by atomic mass is 10.1. The van der Waals surface area contributed by atoms with Gasteiger partial charge >= 0.3 is 0 Å². The summed E-state index contributed by atoms with van der Waals surface area (Å²) in [6, 6.07) is 15.7. The number of hydrogen-bond donors (Lipinski definition) is 1. The van der Waals surface area contributed by atoms with E-state index in [-0.39, 0.29) is 5.91 Å². The summed E-state index contributed by atoms with van der Waals surface area (Å²) >= 11 is 0. The number of para-hydroxylation sites is 1. The molecular formula is C19H23N3O2. The molecule has 1 saturated heterocycles. The minimum absolute atomic E-state index is 0.371. The summed E-state index contributed by atoms with van der Waals surface area (Å²) in [7, 11) is 1.69. The molecule has 0 atom stereocenters. The van der Waals surface area contributed by atoms with E-state index in [0.717, 1.165) is 44.2 Å². The summed E-state index contributed by atoms with van der Waals surface area (Å²) in [5.41, 5.74) is 8.27. The molecule has 0 aliphatic carbocycles. The topological polar surface area (TPSA) is 58.8 Å². The molecule has 1 heterocycles. The quantitative estimate of drug-likeness (QED) is 0.915. The maximum atomic E-state index is 11.6. The van der Waals surface area contributed by atoms with E-state index in [4.69, 9.17) is 10.5 Å². The summed E-state index contributed by atoms with van der Waals surface area (Å²) in [5.74, 6) is 0.519. The molecule has 24 heavy (non-hydrogen) atoms. The Kier molecular flexibility index (Phi) is 5.01. The van der Waals surface area contributed by atoms with Crippen LogP contribution in [0.2, 0.25) is 0 Å². The highest BCUT2D eigenvalue weighted by Gasteiger charge is 2.20. The Morgan fingerprint density at radius 2 is 1.83 bits per heavy atom. The number of primary amides is 1. The summed E-state index contributed by atoms with van der Waals surface area (Å²) in [6.45, 7) is 4.57. The standard InChI is InChI=1S/C19H23N3O2/c1-24-16-6-4-5-15(13-16)14-21-9-11-22(12-10-21)18-8-3-2-7-17(18)19(20)23/h2-8,13H,9-12,14H2,1H3,(H2,20,23). The second-order valence-electron chi connectivity index (χ2n) is 6.00. The largest absolute Gasteiger partial charge is 0.497 e. The zero-order valence-electron chi connectivity index (χ0n) is 13.9. The molecule has 2 aromatic rings. The molecule has 0 radical (unpaired) electrons. The summed E-state index contributed by atoms with van der Waals surface area (Å²) in [6.07, 6.45) is 0. The summed E-state index contributed by atoms with van der Waals surface area (Å²) in [4.78, 5) is 16.3. The van der Waals surface area contributed by atoms with Gasteiger partial charge in [-0.1, -0.05) is 24.3 Å². The molecule has 2 N–H and O–H groups in total. The minimum atomic E-state index is -0.371. The molecule has 5 nitrogen and oxygen atoms in total. The van der Waals surface area contributed by atoms with Gasteiger partial charge in [0, 0.05) is 38.4 Å². The number of ether oxygens (including phenoxy) is 1. The predicted octanol–water partition coefficient (Wildman–Crippen LogP) is 2.12. The van der Waals surface area contributed by atoms with Crippen molar-refractivity contribution >= 4 is 11.6 Å². The van der Waals surface area contributed by atoms with Gasteiger partial charge in [-0.15, -0.1) is 0 Å². The number of benzene rings is 2. The molecule has 2 aromatic carbocycles. The van der Waals surface area contributed by atoms with Crippen LogP contribution < -0.4 is 15.4 Å². The average molecular weight is 325 g/mol. The Balaban J connectivity index is 1.63. The number of hydrogen-bond acceptors (Lipinski definition) is 4. The highest BCUT2D eigenvalue weighted by Crippen LogP contribution is 2.22. The van der Waals surface area contributed by atoms with Gasteiger partial charge in [-0.3, -0.25) is 9.69 Å². The van der Waals surface area contributed by atoms with Gasteiger partial charge < -0.3 is 15.4 Å². The first-order chi connectivity index (χ1) is 11.7. The number of methoxy groups -OCH3 is 1. The number of piperazine rings is 1. The highest BCUT2D eigenvalue weighted by atomic mass is 16.5. The van der Waals surface area contributed by atoms with Gasteiger partial charge in [0.2, 0.25) is 0 Å². The van der Waals surface area contributed by atoms with Crippen LogP contribution in [-0.4, -0.2) is 44.1 Å². The molecule has 1 fully saturated rings. The monoisotopic (exact) mass is 325 g/mol. The lowest BCUT2D eigenvalue weighted by Crippen LogP contribution is -2.46. The number of amides is 1. The van der Waals surface area contributed by atoms with Crippen molar-refractivity contribution in [2.75, 3.05) is 38.2 Å². The van der Waals surface area contributed by atoms with E-state index in [1.807, 2.05) is 30.3 Å². The molecule has 0 bridgehead atoms. The molecule has 3 rings (SSSR count). The van der Waals surface area contributed by atoms with Crippen LogP contribution >= 0.6 is 0 Å². The molecule has 0 aromatic heterocycles. The number of carbonyl (C=O) groups excluding carboxylic acids is 1. The Morgan fingerprint density at radius 1 is 1.08 bits per heavy atom. The normalized spacial score (nSPS) is 15.3. The van der Waals surface area contributed by atoms with Crippen LogP contribution in [0.5, 0.6) is 5.75 Å². The smallest absolute Gasteiger partial charge is 0.250 e. The number of rotatable bonds is 5. The molecule has 1 aliphatic heterocycles. The van der Waals surface area contributed by atoms with Crippen LogP contribution in [-0.2, 0) is 6.54 Å². The van der Waals surface area contributed by atoms with Gasteiger partial charge in [0.05, 0.1) is 12.7 Å². The second-order valence-corrected chi connectivity index (χ2v) is 6.00. The van der Waals surface area contributed by atoms with Gasteiger partial charge in [0.25, 0.3) is 5.91 Å². The fourth-order valence-electron chi connectivity index (χ4n) is 3.13. The van der Waals surface area contributed by atoms with Crippen molar-refractivity contribution in [1.82, 2.24) is 4.90 Å². The molecule has 0 saturated carbocycles. The van der Waals surface area contributed by atoms with E-state index >= 15 is 0 Å². The maximum absolute atomic E-state index is 11.6. The van der Waals surface area contributed by atoms with E-state index in [1.54, 1.807) is 13.2 Å². The van der Waals surface area contributed by atoms with Crippen LogP contribution in [0.15, 0.2) is 48.5 Å². The zero-order chi connectivity index (χ0) is 16.9. The highest BCUT2D eigenvalue weighted by molar-refractivity contribution is 5.98. The van der Waals surface area contributed by atoms with Gasteiger partial charge in [0.15, 0.2) is 0 Å². The molecule has 5 heteroatoms. The lowest BCUT2D eigenvalue weighted by molar-refractivity contribution is 0.100. The Hall–Kier alpha value is -2.53. The number of carbonyl (C=O) groups is 1. The summed E-state index contributed by atoms with van der Waals surface area (Å²) in [5, 5.41) is 0. The van der Waals surface area contributed by atoms with E-state index in [0.29, 0.717) is 5.56 Å². The second kappa shape index (κ2) is 7.36. The fraction of sp³-hybridized carbons (Fsp3) is 0.316. The van der Waals surface area contributed by atoms with Crippen molar-refractivity contribution in [3.8, 4) is 5.75 Å². The third-order valence-electron chi connectivity index (χ3n) is 4.42.